The topological polar surface area (TPSA) is 17.8 Å². The van der Waals surface area contributed by atoms with E-state index in [0.717, 1.165) is 30.8 Å². The third kappa shape index (κ3) is 5.50. The Hall–Kier alpha value is -1.48. The van der Waals surface area contributed by atoms with Gasteiger partial charge in [0.05, 0.1) is 16.4 Å². The van der Waals surface area contributed by atoms with Gasteiger partial charge >= 0.3 is 0 Å². The fourth-order valence-corrected chi connectivity index (χ4v) is 3.42. The molecule has 0 N–H and O–H groups in total. The molecule has 0 spiro atoms. The average molecular weight is 394 g/mol. The fourth-order valence-electron chi connectivity index (χ4n) is 2.97. The Balaban J connectivity index is 1.69. The Bertz CT molecular complexity index is 798. The highest BCUT2D eigenvalue weighted by Gasteiger charge is 2.12. The van der Waals surface area contributed by atoms with Crippen LogP contribution in [0.4, 0.5) is 0 Å². The lowest BCUT2D eigenvalue weighted by Crippen LogP contribution is -2.14. The van der Waals surface area contributed by atoms with Gasteiger partial charge in [0.15, 0.2) is 0 Å². The highest BCUT2D eigenvalue weighted by Crippen LogP contribution is 2.25. The number of imidazole rings is 1. The number of aromatic nitrogens is 2. The van der Waals surface area contributed by atoms with Gasteiger partial charge in [-0.05, 0) is 60.6 Å². The first-order chi connectivity index (χ1) is 12.1. The van der Waals surface area contributed by atoms with Crippen LogP contribution in [0.15, 0.2) is 61.2 Å². The fraction of sp³-hybridized carbons (Fsp3) is 0.250. The molecular formula is C20H19Cl3N2. The maximum absolute atomic E-state index is 6.17. The number of hydrogen-bond acceptors (Lipinski definition) is 1. The Kier molecular flexibility index (Phi) is 6.41. The van der Waals surface area contributed by atoms with Gasteiger partial charge in [0.2, 0.25) is 0 Å². The molecule has 0 aliphatic carbocycles. The Morgan fingerprint density at radius 1 is 0.920 bits per heavy atom. The summed E-state index contributed by atoms with van der Waals surface area (Å²) in [4.78, 5) is 4.15. The average Bonchev–Trinajstić information content (AvgIpc) is 3.10. The maximum Gasteiger partial charge on any atom is 0.0945 e. The summed E-state index contributed by atoms with van der Waals surface area (Å²) in [7, 11) is 0. The first-order valence-electron chi connectivity index (χ1n) is 8.24. The molecule has 0 aliphatic rings. The molecule has 130 valence electrons. The third-order valence-corrected chi connectivity index (χ3v) is 5.28. The molecule has 0 saturated carbocycles. The molecule has 1 heterocycles. The molecule has 0 fully saturated rings. The van der Waals surface area contributed by atoms with Gasteiger partial charge in [-0.15, -0.1) is 0 Å². The van der Waals surface area contributed by atoms with Crippen molar-refractivity contribution in [3.05, 3.63) is 87.4 Å². The second-order valence-electron chi connectivity index (χ2n) is 6.24. The first kappa shape index (κ1) is 18.3. The predicted molar refractivity (Wildman–Crippen MR) is 106 cm³/mol. The van der Waals surface area contributed by atoms with Crippen LogP contribution >= 0.6 is 34.8 Å². The summed E-state index contributed by atoms with van der Waals surface area (Å²) in [6.07, 6.45) is 8.71. The largest absolute Gasteiger partial charge is 0.337 e. The molecule has 5 heteroatoms. The third-order valence-electron chi connectivity index (χ3n) is 4.29. The second kappa shape index (κ2) is 8.75. The minimum absolute atomic E-state index is 0.474. The highest BCUT2D eigenvalue weighted by molar-refractivity contribution is 6.42. The van der Waals surface area contributed by atoms with Crippen LogP contribution < -0.4 is 0 Å². The van der Waals surface area contributed by atoms with Crippen molar-refractivity contribution < 1.29 is 0 Å². The second-order valence-corrected chi connectivity index (χ2v) is 7.49. The lowest BCUT2D eigenvalue weighted by molar-refractivity contribution is 0.412. The molecule has 1 atom stereocenters. The molecule has 0 bridgehead atoms. The van der Waals surface area contributed by atoms with Crippen molar-refractivity contribution in [2.24, 2.45) is 5.92 Å². The zero-order chi connectivity index (χ0) is 17.6. The molecule has 0 radical (unpaired) electrons. The summed E-state index contributed by atoms with van der Waals surface area (Å²) in [5.74, 6) is 0.474. The number of rotatable bonds is 7. The quantitative estimate of drug-likeness (QED) is 0.458. The monoisotopic (exact) mass is 392 g/mol. The number of nitrogens with zero attached hydrogens (tertiary/aromatic N) is 2. The summed E-state index contributed by atoms with van der Waals surface area (Å²) in [6, 6.07) is 14.0. The van der Waals surface area contributed by atoms with Crippen LogP contribution in [0.5, 0.6) is 0 Å². The van der Waals surface area contributed by atoms with Crippen LogP contribution in [0, 0.1) is 5.92 Å². The van der Waals surface area contributed by atoms with E-state index in [0.29, 0.717) is 16.0 Å². The van der Waals surface area contributed by atoms with Crippen molar-refractivity contribution in [1.82, 2.24) is 9.55 Å². The minimum Gasteiger partial charge on any atom is -0.337 e. The van der Waals surface area contributed by atoms with Gasteiger partial charge in [0.25, 0.3) is 0 Å². The summed E-state index contributed by atoms with van der Waals surface area (Å²) in [6.45, 7) is 0.924. The Morgan fingerprint density at radius 3 is 2.36 bits per heavy atom. The lowest BCUT2D eigenvalue weighted by atomic mass is 9.92. The van der Waals surface area contributed by atoms with Gasteiger partial charge in [0, 0.05) is 24.0 Å². The van der Waals surface area contributed by atoms with Gasteiger partial charge in [0.1, 0.15) is 0 Å². The van der Waals surface area contributed by atoms with E-state index >= 15 is 0 Å². The molecule has 3 aromatic rings. The maximum atomic E-state index is 6.17. The number of aryl methyl sites for hydroxylation is 1. The van der Waals surface area contributed by atoms with Gasteiger partial charge in [-0.1, -0.05) is 53.0 Å². The van der Waals surface area contributed by atoms with Crippen LogP contribution in [-0.2, 0) is 19.4 Å². The molecule has 25 heavy (non-hydrogen) atoms. The summed E-state index contributed by atoms with van der Waals surface area (Å²) >= 11 is 18.2. The molecular weight excluding hydrogens is 375 g/mol. The van der Waals surface area contributed by atoms with Crippen molar-refractivity contribution in [1.29, 1.82) is 0 Å². The van der Waals surface area contributed by atoms with E-state index in [2.05, 4.69) is 27.8 Å². The molecule has 1 unspecified atom stereocenters. The number of halogens is 3. The smallest absolute Gasteiger partial charge is 0.0945 e. The van der Waals surface area contributed by atoms with Crippen LogP contribution in [-0.4, -0.2) is 9.55 Å². The lowest BCUT2D eigenvalue weighted by Gasteiger charge is -2.18. The minimum atomic E-state index is 0.474. The highest BCUT2D eigenvalue weighted by atomic mass is 35.5. The summed E-state index contributed by atoms with van der Waals surface area (Å²) < 4.78 is 2.13. The molecule has 1 aromatic heterocycles. The normalized spacial score (nSPS) is 12.3. The standard InChI is InChI=1S/C20H19Cl3N2/c21-18-6-3-15(4-7-18)1-2-17(13-25-10-9-24-14-25)11-16-5-8-19(22)20(23)12-16/h3-10,12,14,17H,1-2,11,13H2. The van der Waals surface area contributed by atoms with Crippen LogP contribution in [0.1, 0.15) is 17.5 Å². The summed E-state index contributed by atoms with van der Waals surface area (Å²) in [5, 5.41) is 1.98. The molecule has 3 rings (SSSR count). The van der Waals surface area contributed by atoms with Crippen molar-refractivity contribution in [2.75, 3.05) is 0 Å². The molecule has 2 aromatic carbocycles. The predicted octanol–water partition coefficient (Wildman–Crippen LogP) is 6.34. The van der Waals surface area contributed by atoms with Crippen molar-refractivity contribution in [2.45, 2.75) is 25.8 Å². The van der Waals surface area contributed by atoms with Gasteiger partial charge in [-0.2, -0.15) is 0 Å². The van der Waals surface area contributed by atoms with E-state index in [1.807, 2.05) is 43.0 Å². The van der Waals surface area contributed by atoms with Gasteiger partial charge in [-0.3, -0.25) is 0 Å². The van der Waals surface area contributed by atoms with Crippen LogP contribution in [0.3, 0.4) is 0 Å². The zero-order valence-electron chi connectivity index (χ0n) is 13.7. The SMILES string of the molecule is Clc1ccc(CCC(Cc2ccc(Cl)c(Cl)c2)Cn2ccnc2)cc1. The van der Waals surface area contributed by atoms with Gasteiger partial charge in [-0.25, -0.2) is 4.98 Å². The van der Waals surface area contributed by atoms with Crippen LogP contribution in [0.2, 0.25) is 15.1 Å². The Morgan fingerprint density at radius 2 is 1.68 bits per heavy atom. The Labute approximate surface area is 163 Å². The van der Waals surface area contributed by atoms with E-state index in [1.165, 1.54) is 11.1 Å². The molecule has 2 nitrogen and oxygen atoms in total. The summed E-state index contributed by atoms with van der Waals surface area (Å²) in [5.41, 5.74) is 2.50. The van der Waals surface area contributed by atoms with E-state index in [9.17, 15) is 0 Å². The molecule has 0 amide bonds. The number of benzene rings is 2. The zero-order valence-corrected chi connectivity index (χ0v) is 16.0. The van der Waals surface area contributed by atoms with Crippen molar-refractivity contribution >= 4 is 34.8 Å². The first-order valence-corrected chi connectivity index (χ1v) is 9.37. The van der Waals surface area contributed by atoms with E-state index in [-0.39, 0.29) is 0 Å². The van der Waals surface area contributed by atoms with Crippen LogP contribution in [0.25, 0.3) is 0 Å². The van der Waals surface area contributed by atoms with E-state index in [1.54, 1.807) is 0 Å². The van der Waals surface area contributed by atoms with Gasteiger partial charge < -0.3 is 4.57 Å². The van der Waals surface area contributed by atoms with E-state index in [4.69, 9.17) is 34.8 Å². The van der Waals surface area contributed by atoms with E-state index < -0.39 is 0 Å². The number of hydrogen-bond donors (Lipinski definition) is 0. The molecule has 0 aliphatic heterocycles. The van der Waals surface area contributed by atoms with Crippen molar-refractivity contribution in [3.8, 4) is 0 Å². The van der Waals surface area contributed by atoms with Crippen molar-refractivity contribution in [3.63, 3.8) is 0 Å². The molecule has 0 saturated heterocycles.